The first kappa shape index (κ1) is 22.6. The highest BCUT2D eigenvalue weighted by molar-refractivity contribution is 5.90. The van der Waals surface area contributed by atoms with Gasteiger partial charge in [-0.25, -0.2) is 4.79 Å². The molecule has 0 saturated carbocycles. The van der Waals surface area contributed by atoms with Gasteiger partial charge in [0.25, 0.3) is 0 Å². The lowest BCUT2D eigenvalue weighted by atomic mass is 9.80. The molecule has 1 aliphatic heterocycles. The van der Waals surface area contributed by atoms with Crippen molar-refractivity contribution in [3.8, 4) is 0 Å². The number of nitro groups is 1. The van der Waals surface area contributed by atoms with Gasteiger partial charge in [0.15, 0.2) is 0 Å². The summed E-state index contributed by atoms with van der Waals surface area (Å²) in [6.45, 7) is 5.27. The summed E-state index contributed by atoms with van der Waals surface area (Å²) in [5.41, 5.74) is 0.758. The highest BCUT2D eigenvalue weighted by Gasteiger charge is 2.46. The van der Waals surface area contributed by atoms with E-state index in [2.05, 4.69) is 4.98 Å². The number of ether oxygens (including phenoxy) is 2. The van der Waals surface area contributed by atoms with Gasteiger partial charge in [-0.1, -0.05) is 18.2 Å². The van der Waals surface area contributed by atoms with E-state index in [4.69, 9.17) is 9.47 Å². The van der Waals surface area contributed by atoms with E-state index in [1.165, 1.54) is 12.0 Å². The number of hydrogen-bond acceptors (Lipinski definition) is 6. The zero-order valence-corrected chi connectivity index (χ0v) is 18.3. The van der Waals surface area contributed by atoms with Gasteiger partial charge in [-0.15, -0.1) is 0 Å². The van der Waals surface area contributed by atoms with Gasteiger partial charge >= 0.3 is 12.1 Å². The third-order valence-corrected chi connectivity index (χ3v) is 5.62. The zero-order chi connectivity index (χ0) is 22.8. The third-order valence-electron chi connectivity index (χ3n) is 5.62. The second-order valence-electron chi connectivity index (χ2n) is 8.85. The van der Waals surface area contributed by atoms with Gasteiger partial charge in [-0.2, -0.15) is 0 Å². The van der Waals surface area contributed by atoms with E-state index in [1.807, 2.05) is 24.3 Å². The molecular formula is C22H29N3O6. The predicted octanol–water partition coefficient (Wildman–Crippen LogP) is 3.72. The molecule has 31 heavy (non-hydrogen) atoms. The van der Waals surface area contributed by atoms with Crippen LogP contribution in [0.25, 0.3) is 10.9 Å². The van der Waals surface area contributed by atoms with Crippen LogP contribution in [-0.2, 0) is 14.3 Å². The van der Waals surface area contributed by atoms with E-state index in [0.29, 0.717) is 24.9 Å². The maximum Gasteiger partial charge on any atom is 0.410 e. The molecule has 3 atom stereocenters. The topological polar surface area (TPSA) is 115 Å². The molecule has 1 N–H and O–H groups in total. The highest BCUT2D eigenvalue weighted by Crippen LogP contribution is 2.39. The molecule has 2 heterocycles. The van der Waals surface area contributed by atoms with Crippen LogP contribution in [0.4, 0.5) is 4.79 Å². The first-order valence-electron chi connectivity index (χ1n) is 10.4. The van der Waals surface area contributed by atoms with Crippen molar-refractivity contribution < 1.29 is 24.0 Å². The van der Waals surface area contributed by atoms with Gasteiger partial charge in [-0.05, 0) is 45.2 Å². The number of H-pyrrole nitrogens is 1. The quantitative estimate of drug-likeness (QED) is 0.423. The fourth-order valence-corrected chi connectivity index (χ4v) is 4.42. The molecule has 9 heteroatoms. The summed E-state index contributed by atoms with van der Waals surface area (Å²) in [7, 11) is 1.27. The molecule has 0 spiro atoms. The lowest BCUT2D eigenvalue weighted by Crippen LogP contribution is -2.47. The fourth-order valence-electron chi connectivity index (χ4n) is 4.42. The number of nitrogens with one attached hydrogen (secondary N) is 1. The van der Waals surface area contributed by atoms with Crippen LogP contribution < -0.4 is 0 Å². The first-order valence-corrected chi connectivity index (χ1v) is 10.4. The largest absolute Gasteiger partial charge is 0.469 e. The molecule has 1 aliphatic rings. The molecule has 0 bridgehead atoms. The minimum Gasteiger partial charge on any atom is -0.469 e. The number of aromatic nitrogens is 1. The van der Waals surface area contributed by atoms with Crippen LogP contribution >= 0.6 is 0 Å². The second-order valence-corrected chi connectivity index (χ2v) is 8.85. The number of carbonyl (C=O) groups is 2. The van der Waals surface area contributed by atoms with E-state index in [1.54, 1.807) is 27.0 Å². The maximum absolute atomic E-state index is 12.9. The number of rotatable bonds is 6. The minimum absolute atomic E-state index is 0.426. The van der Waals surface area contributed by atoms with E-state index in [9.17, 15) is 19.7 Å². The van der Waals surface area contributed by atoms with Crippen LogP contribution in [0, 0.1) is 16.0 Å². The maximum atomic E-state index is 12.9. The standard InChI is InChI=1S/C22H29N3O6/c1-22(2,3)31-21(27)24-11-7-10-18(24)16(13-25(28)29)19(20(26)30-4)15-12-23-17-9-6-5-8-14(15)17/h5-6,8-9,12,16,18-19,23H,7,10-11,13H2,1-4H3/t16-,18-,19-/m0/s1. The summed E-state index contributed by atoms with van der Waals surface area (Å²) in [6, 6.07) is 6.93. The third kappa shape index (κ3) is 4.98. The average Bonchev–Trinajstić information content (AvgIpc) is 3.33. The van der Waals surface area contributed by atoms with Gasteiger partial charge < -0.3 is 19.4 Å². The Morgan fingerprint density at radius 1 is 1.32 bits per heavy atom. The van der Waals surface area contributed by atoms with Crippen molar-refractivity contribution in [3.05, 3.63) is 46.1 Å². The van der Waals surface area contributed by atoms with Crippen LogP contribution in [0.5, 0.6) is 0 Å². The van der Waals surface area contributed by atoms with Crippen LogP contribution in [0.1, 0.15) is 45.1 Å². The molecule has 0 unspecified atom stereocenters. The number of amides is 1. The second kappa shape index (κ2) is 8.95. The molecule has 9 nitrogen and oxygen atoms in total. The van der Waals surface area contributed by atoms with Gasteiger partial charge in [0.1, 0.15) is 5.60 Å². The molecule has 1 saturated heterocycles. The number of esters is 1. The Kier molecular flexibility index (Phi) is 6.52. The number of para-hydroxylation sites is 1. The predicted molar refractivity (Wildman–Crippen MR) is 114 cm³/mol. The summed E-state index contributed by atoms with van der Waals surface area (Å²) in [5, 5.41) is 12.4. The van der Waals surface area contributed by atoms with Gasteiger partial charge in [0.05, 0.1) is 18.9 Å². The number of methoxy groups -OCH3 is 1. The molecule has 0 radical (unpaired) electrons. The first-order chi connectivity index (χ1) is 14.6. The SMILES string of the molecule is COC(=O)[C@@H](c1c[nH]c2ccccc12)[C@@H](C[N+](=O)[O-])[C@@H]1CCCN1C(=O)OC(C)(C)C. The lowest BCUT2D eigenvalue weighted by molar-refractivity contribution is -0.490. The molecule has 1 aromatic heterocycles. The van der Waals surface area contributed by atoms with Crippen molar-refractivity contribution >= 4 is 23.0 Å². The molecule has 1 fully saturated rings. The molecule has 1 aromatic carbocycles. The number of fused-ring (bicyclic) bond motifs is 1. The number of nitrogens with zero attached hydrogens (tertiary/aromatic N) is 2. The van der Waals surface area contributed by atoms with E-state index in [-0.39, 0.29) is 0 Å². The Morgan fingerprint density at radius 3 is 2.68 bits per heavy atom. The van der Waals surface area contributed by atoms with Crippen LogP contribution in [0.15, 0.2) is 30.5 Å². The van der Waals surface area contributed by atoms with Crippen molar-refractivity contribution in [2.75, 3.05) is 20.2 Å². The molecule has 168 valence electrons. The van der Waals surface area contributed by atoms with E-state index in [0.717, 1.165) is 10.9 Å². The Balaban J connectivity index is 2.04. The molecule has 3 rings (SSSR count). The van der Waals surface area contributed by atoms with Crippen LogP contribution in [0.2, 0.25) is 0 Å². The van der Waals surface area contributed by atoms with Crippen molar-refractivity contribution in [1.29, 1.82) is 0 Å². The lowest BCUT2D eigenvalue weighted by Gasteiger charge is -2.34. The van der Waals surface area contributed by atoms with Gasteiger partial charge in [0, 0.05) is 34.6 Å². The monoisotopic (exact) mass is 431 g/mol. The van der Waals surface area contributed by atoms with Crippen LogP contribution in [-0.4, -0.2) is 58.7 Å². The summed E-state index contributed by atoms with van der Waals surface area (Å²) < 4.78 is 10.6. The zero-order valence-electron chi connectivity index (χ0n) is 18.3. The molecular weight excluding hydrogens is 402 g/mol. The number of benzene rings is 1. The molecule has 2 aromatic rings. The Bertz CT molecular complexity index is 964. The summed E-state index contributed by atoms with van der Waals surface area (Å²) in [4.78, 5) is 41.6. The van der Waals surface area contributed by atoms with E-state index < -0.39 is 47.0 Å². The normalized spacial score (nSPS) is 18.6. The van der Waals surface area contributed by atoms with Gasteiger partial charge in [-0.3, -0.25) is 14.9 Å². The Morgan fingerprint density at radius 2 is 2.03 bits per heavy atom. The minimum atomic E-state index is -0.903. The smallest absolute Gasteiger partial charge is 0.410 e. The fraction of sp³-hybridized carbons (Fsp3) is 0.545. The summed E-state index contributed by atoms with van der Waals surface area (Å²) in [5.74, 6) is -2.23. The Labute approximate surface area is 180 Å². The van der Waals surface area contributed by atoms with Crippen molar-refractivity contribution in [3.63, 3.8) is 0 Å². The van der Waals surface area contributed by atoms with Crippen LogP contribution in [0.3, 0.4) is 0 Å². The molecule has 1 amide bonds. The van der Waals surface area contributed by atoms with Crippen molar-refractivity contribution in [1.82, 2.24) is 9.88 Å². The number of carbonyl (C=O) groups excluding carboxylic acids is 2. The number of hydrogen-bond donors (Lipinski definition) is 1. The summed E-state index contributed by atoms with van der Waals surface area (Å²) >= 11 is 0. The van der Waals surface area contributed by atoms with E-state index >= 15 is 0 Å². The highest BCUT2D eigenvalue weighted by atomic mass is 16.6. The van der Waals surface area contributed by atoms with Crippen molar-refractivity contribution in [2.24, 2.45) is 5.92 Å². The van der Waals surface area contributed by atoms with Gasteiger partial charge in [0.2, 0.25) is 6.54 Å². The average molecular weight is 431 g/mol. The summed E-state index contributed by atoms with van der Waals surface area (Å²) in [6.07, 6.45) is 2.41. The van der Waals surface area contributed by atoms with Crippen molar-refractivity contribution in [2.45, 2.75) is 51.2 Å². The molecule has 0 aliphatic carbocycles. The number of aromatic amines is 1. The number of likely N-dealkylation sites (tertiary alicyclic amines) is 1. The Hall–Kier alpha value is -3.10.